The van der Waals surface area contributed by atoms with E-state index in [9.17, 15) is 14.7 Å². The van der Waals surface area contributed by atoms with Gasteiger partial charge in [0.25, 0.3) is 5.91 Å². The molecule has 2 heterocycles. The minimum atomic E-state index is -1.78. The molecule has 1 unspecified atom stereocenters. The van der Waals surface area contributed by atoms with E-state index in [1.165, 1.54) is 4.90 Å². The molecule has 0 aliphatic carbocycles. The molecule has 0 aromatic heterocycles. The molecule has 6 heteroatoms. The molecule has 0 bridgehead atoms. The molecule has 1 amide bonds. The van der Waals surface area contributed by atoms with Gasteiger partial charge in [-0.25, -0.2) is 9.79 Å². The molecule has 1 saturated heterocycles. The Kier molecular flexibility index (Phi) is 5.28. The SMILES string of the molecule is C=C(C)C(C(=O)O)(C(c1ccccc1)c1ccccc1)N1C(=O)[C@H]2N=C(c3ccccc3)O[C@H]21. The minimum Gasteiger partial charge on any atom is -0.479 e. The first-order valence-electron chi connectivity index (χ1n) is 11.1. The van der Waals surface area contributed by atoms with Gasteiger partial charge in [-0.3, -0.25) is 9.69 Å². The van der Waals surface area contributed by atoms with Crippen LogP contribution in [0.4, 0.5) is 0 Å². The standard InChI is InChI=1S/C28H24N2O4/c1-18(2)28(27(32)33,22(19-12-6-3-7-13-19)20-14-8-4-9-15-20)30-25(31)23-26(30)34-24(29-23)21-16-10-5-11-17-21/h3-17,22-23,26H,1H2,2H3,(H,32,33)/t23-,26-,28?/m1/s1. The highest BCUT2D eigenvalue weighted by atomic mass is 16.5. The minimum absolute atomic E-state index is 0.335. The number of aliphatic carboxylic acids is 1. The van der Waals surface area contributed by atoms with E-state index in [1.807, 2.05) is 91.0 Å². The van der Waals surface area contributed by atoms with E-state index in [0.29, 0.717) is 11.5 Å². The second-order valence-corrected chi connectivity index (χ2v) is 8.57. The molecule has 34 heavy (non-hydrogen) atoms. The van der Waals surface area contributed by atoms with Crippen molar-refractivity contribution < 1.29 is 19.4 Å². The molecular weight excluding hydrogens is 428 g/mol. The Bertz CT molecular complexity index is 1220. The van der Waals surface area contributed by atoms with Gasteiger partial charge in [0, 0.05) is 11.5 Å². The van der Waals surface area contributed by atoms with Crippen LogP contribution in [0.15, 0.2) is 108 Å². The van der Waals surface area contributed by atoms with Crippen molar-refractivity contribution in [2.24, 2.45) is 4.99 Å². The van der Waals surface area contributed by atoms with Gasteiger partial charge in [0.05, 0.1) is 0 Å². The number of aliphatic imine (C=N–C) groups is 1. The number of benzene rings is 3. The molecule has 3 atom stereocenters. The third-order valence-electron chi connectivity index (χ3n) is 6.56. The van der Waals surface area contributed by atoms with Gasteiger partial charge in [-0.2, -0.15) is 0 Å². The van der Waals surface area contributed by atoms with Crippen molar-refractivity contribution >= 4 is 17.8 Å². The summed E-state index contributed by atoms with van der Waals surface area (Å²) in [4.78, 5) is 32.5. The number of carbonyl (C=O) groups excluding carboxylic acids is 1. The van der Waals surface area contributed by atoms with Crippen molar-refractivity contribution in [3.63, 3.8) is 0 Å². The monoisotopic (exact) mass is 452 g/mol. The quantitative estimate of drug-likeness (QED) is 0.430. The van der Waals surface area contributed by atoms with Gasteiger partial charge in [-0.05, 0) is 35.8 Å². The van der Waals surface area contributed by atoms with E-state index in [4.69, 9.17) is 4.74 Å². The molecule has 0 saturated carbocycles. The Morgan fingerprint density at radius 1 is 0.971 bits per heavy atom. The maximum absolute atomic E-state index is 13.5. The smallest absolute Gasteiger partial charge is 0.335 e. The average molecular weight is 453 g/mol. The number of hydrogen-bond donors (Lipinski definition) is 1. The molecule has 0 spiro atoms. The van der Waals surface area contributed by atoms with E-state index in [1.54, 1.807) is 6.92 Å². The number of β-lactam (4-membered cyclic amide) rings is 1. The highest BCUT2D eigenvalue weighted by Crippen LogP contribution is 2.49. The number of likely N-dealkylation sites (tertiary alicyclic amines) is 1. The molecule has 170 valence electrons. The van der Waals surface area contributed by atoms with Crippen LogP contribution >= 0.6 is 0 Å². The van der Waals surface area contributed by atoms with Gasteiger partial charge in [-0.1, -0.05) is 85.4 Å². The normalized spacial score (nSPS) is 20.6. The Hall–Kier alpha value is -4.19. The van der Waals surface area contributed by atoms with Gasteiger partial charge >= 0.3 is 5.97 Å². The fourth-order valence-electron chi connectivity index (χ4n) is 5.02. The summed E-state index contributed by atoms with van der Waals surface area (Å²) in [5, 5.41) is 10.8. The Morgan fingerprint density at radius 2 is 1.47 bits per heavy atom. The first kappa shape index (κ1) is 21.6. The van der Waals surface area contributed by atoms with Crippen molar-refractivity contribution in [2.75, 3.05) is 0 Å². The van der Waals surface area contributed by atoms with Crippen LogP contribution in [0, 0.1) is 0 Å². The molecule has 3 aromatic rings. The Balaban J connectivity index is 1.64. The van der Waals surface area contributed by atoms with E-state index < -0.39 is 35.6 Å². The fourth-order valence-corrected chi connectivity index (χ4v) is 5.02. The maximum Gasteiger partial charge on any atom is 0.335 e. The van der Waals surface area contributed by atoms with Crippen LogP contribution in [0.3, 0.4) is 0 Å². The molecule has 2 aliphatic rings. The number of carboxylic acids is 1. The van der Waals surface area contributed by atoms with Crippen LogP contribution in [0.2, 0.25) is 0 Å². The molecule has 2 aliphatic heterocycles. The lowest BCUT2D eigenvalue weighted by atomic mass is 9.68. The predicted octanol–water partition coefficient (Wildman–Crippen LogP) is 4.23. The first-order valence-corrected chi connectivity index (χ1v) is 11.1. The summed E-state index contributed by atoms with van der Waals surface area (Å²) in [5.41, 5.74) is 0.822. The largest absolute Gasteiger partial charge is 0.479 e. The van der Waals surface area contributed by atoms with Crippen molar-refractivity contribution in [1.82, 2.24) is 4.90 Å². The number of nitrogens with zero attached hydrogens (tertiary/aromatic N) is 2. The summed E-state index contributed by atoms with van der Waals surface area (Å²) >= 11 is 0. The number of ether oxygens (including phenoxy) is 1. The van der Waals surface area contributed by atoms with Crippen LogP contribution in [0.5, 0.6) is 0 Å². The van der Waals surface area contributed by atoms with E-state index in [0.717, 1.165) is 16.7 Å². The third-order valence-corrected chi connectivity index (χ3v) is 6.56. The summed E-state index contributed by atoms with van der Waals surface area (Å²) in [6.45, 7) is 5.74. The van der Waals surface area contributed by atoms with Gasteiger partial charge in [-0.15, -0.1) is 0 Å². The zero-order valence-corrected chi connectivity index (χ0v) is 18.7. The number of rotatable bonds is 7. The van der Waals surface area contributed by atoms with Crippen LogP contribution in [0.1, 0.15) is 29.5 Å². The number of hydrogen-bond acceptors (Lipinski definition) is 4. The van der Waals surface area contributed by atoms with Crippen molar-refractivity contribution in [3.05, 3.63) is 120 Å². The lowest BCUT2D eigenvalue weighted by Gasteiger charge is -2.54. The van der Waals surface area contributed by atoms with Gasteiger partial charge in [0.1, 0.15) is 0 Å². The Morgan fingerprint density at radius 3 is 1.94 bits per heavy atom. The van der Waals surface area contributed by atoms with Crippen LogP contribution < -0.4 is 0 Å². The Labute approximate surface area is 197 Å². The van der Waals surface area contributed by atoms with Gasteiger partial charge in [0.2, 0.25) is 12.1 Å². The molecule has 0 radical (unpaired) electrons. The van der Waals surface area contributed by atoms with E-state index >= 15 is 0 Å². The zero-order chi connectivity index (χ0) is 23.9. The first-order chi connectivity index (χ1) is 16.5. The molecular formula is C28H24N2O4. The topological polar surface area (TPSA) is 79.2 Å². The maximum atomic E-state index is 13.5. The van der Waals surface area contributed by atoms with Crippen molar-refractivity contribution in [3.8, 4) is 0 Å². The highest BCUT2D eigenvalue weighted by molar-refractivity contribution is 6.04. The summed E-state index contributed by atoms with van der Waals surface area (Å²) < 4.78 is 6.11. The third kappa shape index (κ3) is 3.14. The summed E-state index contributed by atoms with van der Waals surface area (Å²) in [5.74, 6) is -1.93. The van der Waals surface area contributed by atoms with Gasteiger partial charge in [0.15, 0.2) is 11.6 Å². The average Bonchev–Trinajstić information content (AvgIpc) is 3.25. The van der Waals surface area contributed by atoms with Crippen molar-refractivity contribution in [2.45, 2.75) is 30.7 Å². The predicted molar refractivity (Wildman–Crippen MR) is 128 cm³/mol. The number of carboxylic acid groups (broad SMARTS) is 1. The zero-order valence-electron chi connectivity index (χ0n) is 18.7. The van der Waals surface area contributed by atoms with Crippen LogP contribution in [-0.2, 0) is 14.3 Å². The molecule has 1 N–H and O–H groups in total. The summed E-state index contributed by atoms with van der Waals surface area (Å²) in [6, 6.07) is 27.2. The fraction of sp³-hybridized carbons (Fsp3) is 0.179. The van der Waals surface area contributed by atoms with Gasteiger partial charge < -0.3 is 9.84 Å². The van der Waals surface area contributed by atoms with Crippen LogP contribution in [-0.4, -0.2) is 45.6 Å². The number of amides is 1. The number of fused-ring (bicyclic) bond motifs is 1. The van der Waals surface area contributed by atoms with E-state index in [2.05, 4.69) is 11.6 Å². The van der Waals surface area contributed by atoms with Crippen molar-refractivity contribution in [1.29, 1.82) is 0 Å². The number of carbonyl (C=O) groups is 2. The molecule has 1 fully saturated rings. The van der Waals surface area contributed by atoms with E-state index in [-0.39, 0.29) is 0 Å². The highest BCUT2D eigenvalue weighted by Gasteiger charge is 2.67. The lowest BCUT2D eigenvalue weighted by Crippen LogP contribution is -2.75. The molecule has 5 rings (SSSR count). The lowest BCUT2D eigenvalue weighted by molar-refractivity contribution is -0.188. The molecule has 3 aromatic carbocycles. The second kappa shape index (κ2) is 8.30. The summed E-state index contributed by atoms with van der Waals surface area (Å²) in [6.07, 6.45) is -0.828. The van der Waals surface area contributed by atoms with Crippen LogP contribution in [0.25, 0.3) is 0 Å². The summed E-state index contributed by atoms with van der Waals surface area (Å²) in [7, 11) is 0. The molecule has 6 nitrogen and oxygen atoms in total. The second-order valence-electron chi connectivity index (χ2n) is 8.57.